The van der Waals surface area contributed by atoms with Crippen LogP contribution in [0.2, 0.25) is 0 Å². The first-order valence-corrected chi connectivity index (χ1v) is 17.5. The van der Waals surface area contributed by atoms with Gasteiger partial charge in [0.15, 0.2) is 12.7 Å². The van der Waals surface area contributed by atoms with E-state index in [1.807, 2.05) is 17.0 Å². The number of carbonyl (C=O) groups is 1. The smallest absolute Gasteiger partial charge is 0.321 e. The molecule has 0 fully saturated rings. The summed E-state index contributed by atoms with van der Waals surface area (Å²) in [6.07, 6.45) is 18.1. The molecule has 0 atom stereocenters. The highest BCUT2D eigenvalue weighted by molar-refractivity contribution is 7.07. The summed E-state index contributed by atoms with van der Waals surface area (Å²) >= 11 is 1.68. The molecule has 0 unspecified atom stereocenters. The molecule has 0 spiro atoms. The Hall–Kier alpha value is -2.38. The van der Waals surface area contributed by atoms with E-state index >= 15 is 0 Å². The highest BCUT2D eigenvalue weighted by atomic mass is 79.9. The number of unbranched alkanes of at least 4 members (excludes halogenated alkanes) is 11. The topological polar surface area (TPSA) is 45.5 Å². The van der Waals surface area contributed by atoms with Crippen LogP contribution in [0.15, 0.2) is 59.6 Å². The van der Waals surface area contributed by atoms with Crippen LogP contribution in [0.1, 0.15) is 121 Å². The predicted octanol–water partition coefficient (Wildman–Crippen LogP) is 6.81. The third kappa shape index (κ3) is 13.3. The van der Waals surface area contributed by atoms with Crippen molar-refractivity contribution in [2.45, 2.75) is 123 Å². The van der Waals surface area contributed by atoms with Gasteiger partial charge in [-0.25, -0.2) is 4.79 Å². The molecule has 0 aliphatic carbocycles. The molecule has 0 saturated heterocycles. The van der Waals surface area contributed by atoms with Crippen molar-refractivity contribution in [2.75, 3.05) is 18.6 Å². The first-order valence-electron chi connectivity index (χ1n) is 16.6. The van der Waals surface area contributed by atoms with E-state index < -0.39 is 0 Å². The van der Waals surface area contributed by atoms with E-state index in [4.69, 9.17) is 4.74 Å². The molecule has 1 heterocycles. The van der Waals surface area contributed by atoms with E-state index in [0.717, 1.165) is 42.1 Å². The van der Waals surface area contributed by atoms with Crippen molar-refractivity contribution in [3.63, 3.8) is 0 Å². The molecular formula is C37H56BrN3O2S. The minimum absolute atomic E-state index is 0. The number of hydrogen-bond donors (Lipinski definition) is 1. The first kappa shape index (κ1) is 37.8. The molecule has 2 amide bonds. The fourth-order valence-corrected chi connectivity index (χ4v) is 6.11. The van der Waals surface area contributed by atoms with Gasteiger partial charge in [0.25, 0.3) is 0 Å². The molecule has 0 saturated carbocycles. The maximum Gasteiger partial charge on any atom is 0.321 e. The number of benzene rings is 2. The Kier molecular flexibility index (Phi) is 17.7. The quantitative estimate of drug-likeness (QED) is 0.111. The zero-order chi connectivity index (χ0) is 30.9. The maximum atomic E-state index is 13.0. The van der Waals surface area contributed by atoms with Crippen molar-refractivity contribution in [2.24, 2.45) is 0 Å². The summed E-state index contributed by atoms with van der Waals surface area (Å²) in [5.74, 6) is 0.938. The molecule has 244 valence electrons. The van der Waals surface area contributed by atoms with Crippen molar-refractivity contribution in [3.05, 3.63) is 76.2 Å². The van der Waals surface area contributed by atoms with Crippen molar-refractivity contribution < 1.29 is 31.1 Å². The Morgan fingerprint density at radius 3 is 2.14 bits per heavy atom. The summed E-state index contributed by atoms with van der Waals surface area (Å²) in [4.78, 5) is 14.9. The second-order valence-corrected chi connectivity index (χ2v) is 13.6. The second-order valence-electron chi connectivity index (χ2n) is 12.8. The third-order valence-electron chi connectivity index (χ3n) is 8.02. The fraction of sp³-hybridized carbons (Fsp3) is 0.568. The van der Waals surface area contributed by atoms with Crippen LogP contribution in [0, 0.1) is 0 Å². The van der Waals surface area contributed by atoms with Crippen molar-refractivity contribution in [1.82, 2.24) is 5.32 Å². The van der Waals surface area contributed by atoms with Crippen LogP contribution >= 0.6 is 11.3 Å². The van der Waals surface area contributed by atoms with Gasteiger partial charge in [0.05, 0.1) is 18.5 Å². The lowest BCUT2D eigenvalue weighted by Crippen LogP contribution is -3.00. The van der Waals surface area contributed by atoms with Gasteiger partial charge in [-0.2, -0.15) is 4.57 Å². The standard InChI is InChI=1S/C37H55N3O2S.BrH/c1-6-7-8-9-10-11-12-13-14-15-16-17-24-42-35-27-32(21-22-34(35)37(2,3)4)29-40(36(41)38-5)33-20-18-19-31(26-33)28-39-23-25-43-30-39;/h18-23,25-27,30H,6-17,24,28-29H2,1-5H3;1H. The molecular weight excluding hydrogens is 630 g/mol. The van der Waals surface area contributed by atoms with Gasteiger partial charge in [0.1, 0.15) is 5.75 Å². The normalized spacial score (nSPS) is 11.2. The van der Waals surface area contributed by atoms with Crippen LogP contribution in [-0.2, 0) is 18.5 Å². The van der Waals surface area contributed by atoms with Gasteiger partial charge in [-0.3, -0.25) is 4.90 Å². The zero-order valence-corrected chi connectivity index (χ0v) is 30.3. The van der Waals surface area contributed by atoms with Crippen LogP contribution < -0.4 is 36.5 Å². The number of halogens is 1. The lowest BCUT2D eigenvalue weighted by atomic mass is 9.85. The SMILES string of the molecule is CCCCCCCCCCCCCCOc1cc(CN(C(=O)NC)c2cccc(C[n+]3ccsc3)c2)ccc1C(C)(C)C.[Br-]. The first-order chi connectivity index (χ1) is 20.8. The van der Waals surface area contributed by atoms with Crippen molar-refractivity contribution in [3.8, 4) is 5.75 Å². The van der Waals surface area contributed by atoms with Gasteiger partial charge in [-0.1, -0.05) is 134 Å². The van der Waals surface area contributed by atoms with Crippen LogP contribution in [0.25, 0.3) is 0 Å². The third-order valence-corrected chi connectivity index (χ3v) is 8.70. The van der Waals surface area contributed by atoms with Gasteiger partial charge in [-0.05, 0) is 41.2 Å². The maximum absolute atomic E-state index is 13.0. The molecule has 0 aliphatic heterocycles. The molecule has 5 nitrogen and oxygen atoms in total. The molecule has 0 bridgehead atoms. The predicted molar refractivity (Wildman–Crippen MR) is 182 cm³/mol. The highest BCUT2D eigenvalue weighted by Crippen LogP contribution is 2.33. The summed E-state index contributed by atoms with van der Waals surface area (Å²) in [5, 5.41) is 4.90. The fourth-order valence-electron chi connectivity index (χ4n) is 5.51. The zero-order valence-electron chi connectivity index (χ0n) is 27.9. The Balaban J connectivity index is 0.00000675. The number of anilines is 1. The van der Waals surface area contributed by atoms with E-state index in [1.54, 1.807) is 18.4 Å². The molecule has 7 heteroatoms. The Labute approximate surface area is 282 Å². The van der Waals surface area contributed by atoms with Crippen LogP contribution in [-0.4, -0.2) is 19.7 Å². The largest absolute Gasteiger partial charge is 1.00 e. The van der Waals surface area contributed by atoms with Gasteiger partial charge >= 0.3 is 6.03 Å². The Morgan fingerprint density at radius 1 is 0.886 bits per heavy atom. The number of nitrogens with zero attached hydrogens (tertiary/aromatic N) is 2. The lowest BCUT2D eigenvalue weighted by molar-refractivity contribution is -0.683. The number of carbonyl (C=O) groups excluding carboxylic acids is 1. The average molecular weight is 687 g/mol. The number of aromatic nitrogens is 1. The monoisotopic (exact) mass is 685 g/mol. The van der Waals surface area contributed by atoms with Gasteiger partial charge < -0.3 is 27.0 Å². The number of amides is 2. The van der Waals surface area contributed by atoms with E-state index in [9.17, 15) is 4.79 Å². The number of rotatable bonds is 19. The van der Waals surface area contributed by atoms with Crippen molar-refractivity contribution in [1.29, 1.82) is 0 Å². The van der Waals surface area contributed by atoms with Crippen LogP contribution in [0.3, 0.4) is 0 Å². The molecule has 3 rings (SSSR count). The minimum Gasteiger partial charge on any atom is -1.00 e. The molecule has 1 N–H and O–H groups in total. The minimum atomic E-state index is -0.126. The highest BCUT2D eigenvalue weighted by Gasteiger charge is 2.21. The van der Waals surface area contributed by atoms with Gasteiger partial charge in [0, 0.05) is 18.3 Å². The lowest BCUT2D eigenvalue weighted by Gasteiger charge is -2.26. The number of hydrogen-bond acceptors (Lipinski definition) is 3. The second kappa shape index (κ2) is 20.6. The van der Waals surface area contributed by atoms with E-state index in [2.05, 4.69) is 85.0 Å². The van der Waals surface area contributed by atoms with Crippen LogP contribution in [0.5, 0.6) is 5.75 Å². The molecule has 2 aromatic carbocycles. The molecule has 3 aromatic rings. The van der Waals surface area contributed by atoms with Crippen LogP contribution in [0.4, 0.5) is 10.5 Å². The summed E-state index contributed by atoms with van der Waals surface area (Å²) in [7, 11) is 1.69. The number of urea groups is 1. The summed E-state index contributed by atoms with van der Waals surface area (Å²) in [6, 6.07) is 14.6. The molecule has 44 heavy (non-hydrogen) atoms. The summed E-state index contributed by atoms with van der Waals surface area (Å²) in [6.45, 7) is 10.9. The van der Waals surface area contributed by atoms with Gasteiger partial charge in [0.2, 0.25) is 5.51 Å². The number of thiazole rings is 1. The summed E-state index contributed by atoms with van der Waals surface area (Å²) < 4.78 is 8.58. The number of nitrogens with one attached hydrogen (secondary N) is 1. The molecule has 0 radical (unpaired) electrons. The van der Waals surface area contributed by atoms with E-state index in [1.165, 1.54) is 76.2 Å². The Bertz CT molecular complexity index is 1210. The van der Waals surface area contributed by atoms with Gasteiger partial charge in [-0.15, -0.1) is 0 Å². The Morgan fingerprint density at radius 2 is 1.55 bits per heavy atom. The van der Waals surface area contributed by atoms with E-state index in [-0.39, 0.29) is 28.4 Å². The molecule has 1 aromatic heterocycles. The molecule has 0 aliphatic rings. The van der Waals surface area contributed by atoms with E-state index in [0.29, 0.717) is 6.54 Å². The average Bonchev–Trinajstić information content (AvgIpc) is 3.50. The van der Waals surface area contributed by atoms with Crippen molar-refractivity contribution >= 4 is 23.1 Å². The summed E-state index contributed by atoms with van der Waals surface area (Å²) in [5.41, 5.74) is 6.36. The number of ether oxygens (including phenoxy) is 1.